The Balaban J connectivity index is 0.000000108. The lowest BCUT2D eigenvalue weighted by Gasteiger charge is -2.55. The highest BCUT2D eigenvalue weighted by molar-refractivity contribution is 6.34. The predicted octanol–water partition coefficient (Wildman–Crippen LogP) is 2.86. The predicted molar refractivity (Wildman–Crippen MR) is 133 cm³/mol. The molecule has 4 aromatic rings. The van der Waals surface area contributed by atoms with Gasteiger partial charge in [0.25, 0.3) is 0 Å². The van der Waals surface area contributed by atoms with Gasteiger partial charge >= 0.3 is 0 Å². The maximum Gasteiger partial charge on any atom is 0.243 e. The van der Waals surface area contributed by atoms with Crippen LogP contribution >= 0.6 is 34.8 Å². The molecule has 4 aliphatic rings. The van der Waals surface area contributed by atoms with Crippen LogP contribution in [-0.2, 0) is 9.47 Å². The number of hydrogen-bond acceptors (Lipinski definition) is 8. The lowest BCUT2D eigenvalue weighted by molar-refractivity contribution is -0.139. The van der Waals surface area contributed by atoms with Crippen molar-refractivity contribution in [1.82, 2.24) is 34.5 Å². The van der Waals surface area contributed by atoms with E-state index in [1.165, 1.54) is 13.1 Å². The molecule has 4 saturated heterocycles. The van der Waals surface area contributed by atoms with E-state index in [2.05, 4.69) is 30.4 Å². The van der Waals surface area contributed by atoms with Gasteiger partial charge in [-0.25, -0.2) is 14.0 Å². The number of rotatable bonds is 1. The minimum atomic E-state index is 0.152. The zero-order chi connectivity index (χ0) is 24.0. The largest absolute Gasteiger partial charge is 0.380 e. The Hall–Kier alpha value is -2.21. The Kier molecular flexibility index (Phi) is 5.98. The van der Waals surface area contributed by atoms with Crippen molar-refractivity contribution in [2.45, 2.75) is 0 Å². The molecule has 0 amide bonds. The lowest BCUT2D eigenvalue weighted by Crippen LogP contribution is -2.66. The molecular weight excluding hydrogens is 515 g/mol. The van der Waals surface area contributed by atoms with Gasteiger partial charge in [-0.1, -0.05) is 11.6 Å². The van der Waals surface area contributed by atoms with E-state index < -0.39 is 0 Å². The first-order valence-corrected chi connectivity index (χ1v) is 12.4. The fraction of sp³-hybridized carbons (Fsp3) is 0.455. The van der Waals surface area contributed by atoms with Crippen molar-refractivity contribution in [3.8, 4) is 0 Å². The van der Waals surface area contributed by atoms with Crippen LogP contribution in [0.4, 0.5) is 5.82 Å². The first kappa shape index (κ1) is 23.2. The fourth-order valence-electron chi connectivity index (χ4n) is 4.56. The molecule has 2 spiro atoms. The van der Waals surface area contributed by atoms with Gasteiger partial charge in [-0.05, 0) is 47.5 Å². The summed E-state index contributed by atoms with van der Waals surface area (Å²) in [5.41, 5.74) is 2.75. The normalized spacial score (nSPS) is 20.7. The van der Waals surface area contributed by atoms with Crippen molar-refractivity contribution in [2.24, 2.45) is 10.8 Å². The smallest absolute Gasteiger partial charge is 0.243 e. The zero-order valence-corrected chi connectivity index (χ0v) is 21.0. The molecule has 13 heteroatoms. The standard InChI is InChI=1S/C11H11ClN4O.C6H3Cl2N3.C5H9NO/c12-10-13-9(8-2-1-3-16(8)14-10)15-4-11(5-15)6-17-7-11;7-5-4-2-1-3-11(4)10-6(8)9-5;1-5(2-6-1)3-7-4-5/h1-3H,4-7H2;1-3H;6H,1-4H2. The third kappa shape index (κ3) is 4.43. The monoisotopic (exact) mass is 536 g/mol. The molecular formula is C22H23Cl3N8O2. The summed E-state index contributed by atoms with van der Waals surface area (Å²) in [5.74, 6) is 0.924. The molecule has 0 aliphatic carbocycles. The summed E-state index contributed by atoms with van der Waals surface area (Å²) in [5, 5.41) is 12.0. The maximum atomic E-state index is 5.93. The molecule has 0 unspecified atom stereocenters. The minimum absolute atomic E-state index is 0.152. The van der Waals surface area contributed by atoms with Crippen molar-refractivity contribution in [1.29, 1.82) is 0 Å². The molecule has 0 bridgehead atoms. The summed E-state index contributed by atoms with van der Waals surface area (Å²) >= 11 is 17.2. The molecule has 4 aliphatic heterocycles. The van der Waals surface area contributed by atoms with Crippen LogP contribution < -0.4 is 10.2 Å². The maximum absolute atomic E-state index is 5.93. The molecule has 35 heavy (non-hydrogen) atoms. The molecule has 8 heterocycles. The van der Waals surface area contributed by atoms with Crippen LogP contribution in [0.15, 0.2) is 36.7 Å². The lowest BCUT2D eigenvalue weighted by atomic mass is 9.78. The van der Waals surface area contributed by atoms with Gasteiger partial charge in [0.05, 0.1) is 31.8 Å². The van der Waals surface area contributed by atoms with E-state index in [1.54, 1.807) is 15.2 Å². The van der Waals surface area contributed by atoms with E-state index >= 15 is 0 Å². The molecule has 10 nitrogen and oxygen atoms in total. The summed E-state index contributed by atoms with van der Waals surface area (Å²) in [7, 11) is 0. The average Bonchev–Trinajstić information content (AvgIpc) is 3.33. The number of halogens is 3. The molecule has 0 radical (unpaired) electrons. The van der Waals surface area contributed by atoms with Gasteiger partial charge in [0.15, 0.2) is 11.0 Å². The number of nitrogens with one attached hydrogen (secondary N) is 1. The van der Waals surface area contributed by atoms with Gasteiger partial charge in [-0.15, -0.1) is 10.2 Å². The molecule has 4 fully saturated rings. The molecule has 0 atom stereocenters. The Morgan fingerprint density at radius 2 is 1.34 bits per heavy atom. The number of anilines is 1. The zero-order valence-electron chi connectivity index (χ0n) is 18.7. The van der Waals surface area contributed by atoms with Crippen LogP contribution in [0.2, 0.25) is 15.7 Å². The summed E-state index contributed by atoms with van der Waals surface area (Å²) in [6, 6.07) is 7.60. The van der Waals surface area contributed by atoms with Gasteiger partial charge in [0.1, 0.15) is 11.0 Å². The fourth-order valence-corrected chi connectivity index (χ4v) is 5.16. The quantitative estimate of drug-likeness (QED) is 0.396. The van der Waals surface area contributed by atoms with Crippen LogP contribution in [0.5, 0.6) is 0 Å². The summed E-state index contributed by atoms with van der Waals surface area (Å²) in [6.07, 6.45) is 3.64. The molecule has 8 rings (SSSR count). The third-order valence-corrected chi connectivity index (χ3v) is 7.25. The van der Waals surface area contributed by atoms with Crippen LogP contribution in [-0.4, -0.2) is 81.8 Å². The van der Waals surface area contributed by atoms with Crippen LogP contribution in [0, 0.1) is 10.8 Å². The number of nitrogens with zero attached hydrogens (tertiary/aromatic N) is 7. The Morgan fingerprint density at radius 3 is 1.86 bits per heavy atom. The first-order valence-electron chi connectivity index (χ1n) is 11.2. The molecule has 1 N–H and O–H groups in total. The van der Waals surface area contributed by atoms with E-state index in [0.717, 1.165) is 56.4 Å². The van der Waals surface area contributed by atoms with E-state index in [1.807, 2.05) is 30.5 Å². The van der Waals surface area contributed by atoms with Gasteiger partial charge in [-0.3, -0.25) is 0 Å². The van der Waals surface area contributed by atoms with Crippen LogP contribution in [0.25, 0.3) is 11.0 Å². The average molecular weight is 538 g/mol. The Bertz CT molecular complexity index is 1340. The van der Waals surface area contributed by atoms with Crippen molar-refractivity contribution < 1.29 is 9.47 Å². The van der Waals surface area contributed by atoms with Crippen molar-refractivity contribution >= 4 is 51.7 Å². The SMILES string of the molecule is C1NCC12COC2.Clc1nc(Cl)c2cccn2n1.Clc1nc(N2CC3(COC3)C2)c2cccn2n1. The number of fused-ring (bicyclic) bond motifs is 2. The van der Waals surface area contributed by atoms with Crippen LogP contribution in [0.1, 0.15) is 0 Å². The highest BCUT2D eigenvalue weighted by atomic mass is 35.5. The Morgan fingerprint density at radius 1 is 0.771 bits per heavy atom. The first-order chi connectivity index (χ1) is 16.9. The Labute approximate surface area is 216 Å². The van der Waals surface area contributed by atoms with Gasteiger partial charge in [0.2, 0.25) is 10.6 Å². The molecule has 0 saturated carbocycles. The van der Waals surface area contributed by atoms with Crippen molar-refractivity contribution in [3.63, 3.8) is 0 Å². The number of aromatic nitrogens is 6. The number of hydrogen-bond donors (Lipinski definition) is 1. The van der Waals surface area contributed by atoms with E-state index in [0.29, 0.717) is 16.0 Å². The van der Waals surface area contributed by atoms with Gasteiger partial charge in [0, 0.05) is 44.0 Å². The van der Waals surface area contributed by atoms with Crippen LogP contribution in [0.3, 0.4) is 0 Å². The number of ether oxygens (including phenoxy) is 2. The van der Waals surface area contributed by atoms with Crippen molar-refractivity contribution in [3.05, 3.63) is 52.4 Å². The molecule has 184 valence electrons. The highest BCUT2D eigenvalue weighted by Gasteiger charge is 2.50. The molecule has 0 aromatic carbocycles. The van der Waals surface area contributed by atoms with Gasteiger partial charge in [-0.2, -0.15) is 4.98 Å². The summed E-state index contributed by atoms with van der Waals surface area (Å²) in [6.45, 7) is 8.13. The third-order valence-electron chi connectivity index (χ3n) is 6.65. The van der Waals surface area contributed by atoms with E-state index in [4.69, 9.17) is 44.3 Å². The molecule has 4 aromatic heterocycles. The highest BCUT2D eigenvalue weighted by Crippen LogP contribution is 2.40. The van der Waals surface area contributed by atoms with Gasteiger partial charge < -0.3 is 19.7 Å². The minimum Gasteiger partial charge on any atom is -0.380 e. The van der Waals surface area contributed by atoms with Crippen molar-refractivity contribution in [2.75, 3.05) is 57.5 Å². The van der Waals surface area contributed by atoms with E-state index in [-0.39, 0.29) is 10.6 Å². The topological polar surface area (TPSA) is 94.1 Å². The summed E-state index contributed by atoms with van der Waals surface area (Å²) in [4.78, 5) is 10.4. The van der Waals surface area contributed by atoms with E-state index in [9.17, 15) is 0 Å². The second-order valence-corrected chi connectivity index (χ2v) is 10.5. The second kappa shape index (κ2) is 9.02. The summed E-state index contributed by atoms with van der Waals surface area (Å²) < 4.78 is 13.7. The second-order valence-electron chi connectivity index (χ2n) is 9.50.